The van der Waals surface area contributed by atoms with Gasteiger partial charge in [-0.1, -0.05) is 35.0 Å². The van der Waals surface area contributed by atoms with Crippen LogP contribution in [0.1, 0.15) is 21.5 Å². The Balaban J connectivity index is 1.87. The van der Waals surface area contributed by atoms with Gasteiger partial charge in [-0.2, -0.15) is 0 Å². The number of carbonyl (C=O) groups is 2. The van der Waals surface area contributed by atoms with E-state index in [1.165, 1.54) is 0 Å². The van der Waals surface area contributed by atoms with Crippen LogP contribution >= 0.6 is 11.6 Å². The Kier molecular flexibility index (Phi) is 5.38. The van der Waals surface area contributed by atoms with E-state index in [-0.39, 0.29) is 6.42 Å². The zero-order valence-electron chi connectivity index (χ0n) is 14.3. The second kappa shape index (κ2) is 7.73. The average Bonchev–Trinajstić information content (AvgIpc) is 3.11. The maximum Gasteiger partial charge on any atom is 0.334 e. The molecule has 0 aliphatic rings. The van der Waals surface area contributed by atoms with Gasteiger partial charge >= 0.3 is 5.97 Å². The van der Waals surface area contributed by atoms with Crippen LogP contribution in [-0.4, -0.2) is 49.6 Å². The Morgan fingerprint density at radius 2 is 2.04 bits per heavy atom. The molecule has 0 saturated carbocycles. The van der Waals surface area contributed by atoms with E-state index in [0.717, 1.165) is 5.56 Å². The van der Waals surface area contributed by atoms with Gasteiger partial charge in [0.1, 0.15) is 5.52 Å². The fourth-order valence-electron chi connectivity index (χ4n) is 2.82. The van der Waals surface area contributed by atoms with Crippen LogP contribution in [0.4, 0.5) is 0 Å². The number of amides is 1. The van der Waals surface area contributed by atoms with Crippen molar-refractivity contribution in [3.05, 3.63) is 58.1 Å². The third kappa shape index (κ3) is 4.07. The zero-order chi connectivity index (χ0) is 19.6. The molecule has 27 heavy (non-hydrogen) atoms. The highest BCUT2D eigenvalue weighted by Gasteiger charge is 2.28. The lowest BCUT2D eigenvalue weighted by molar-refractivity contribution is -0.148. The fourth-order valence-corrected chi connectivity index (χ4v) is 3.04. The molecule has 0 fully saturated rings. The number of benzene rings is 2. The van der Waals surface area contributed by atoms with Crippen LogP contribution in [-0.2, 0) is 11.2 Å². The van der Waals surface area contributed by atoms with E-state index in [4.69, 9.17) is 11.6 Å². The summed E-state index contributed by atoms with van der Waals surface area (Å²) in [7, 11) is 0. The predicted molar refractivity (Wildman–Crippen MR) is 98.7 cm³/mol. The van der Waals surface area contributed by atoms with Crippen molar-refractivity contribution in [1.29, 1.82) is 0 Å². The number of aliphatic carboxylic acids is 1. The number of hydrogen-bond acceptors (Lipinski definition) is 5. The fraction of sp³-hybridized carbons (Fsp3) is 0.222. The summed E-state index contributed by atoms with van der Waals surface area (Å²) >= 11 is 6.12. The van der Waals surface area contributed by atoms with E-state index in [2.05, 4.69) is 20.7 Å². The summed E-state index contributed by atoms with van der Waals surface area (Å²) in [5.74, 6) is -1.95. The maximum atomic E-state index is 12.7. The number of aromatic nitrogens is 3. The average molecular weight is 389 g/mol. The number of rotatable bonds is 6. The second-order valence-electron chi connectivity index (χ2n) is 6.16. The van der Waals surface area contributed by atoms with Gasteiger partial charge < -0.3 is 15.5 Å². The number of carbonyl (C=O) groups excluding carboxylic acids is 1. The topological polar surface area (TPSA) is 128 Å². The number of aryl methyl sites for hydroxylation is 1. The standard InChI is InChI=1S/C18H17ClN4O4/c1-9-6-11(8-13-15(9)22-23-21-13)17(25)20-14(16(24)18(26)27)7-10-4-2-3-5-12(10)19/h2-6,8,14,16,24H,7H2,1H3,(H,20,25)(H,26,27)(H,21,22,23). The first-order valence-electron chi connectivity index (χ1n) is 8.13. The van der Waals surface area contributed by atoms with Crippen LogP contribution in [0, 0.1) is 6.92 Å². The Labute approximate surface area is 159 Å². The minimum Gasteiger partial charge on any atom is -0.479 e. The van der Waals surface area contributed by atoms with Crippen LogP contribution < -0.4 is 5.32 Å². The summed E-state index contributed by atoms with van der Waals surface area (Å²) < 4.78 is 0. The number of nitrogens with zero attached hydrogens (tertiary/aromatic N) is 2. The van der Waals surface area contributed by atoms with Crippen molar-refractivity contribution in [3.8, 4) is 0 Å². The van der Waals surface area contributed by atoms with Crippen LogP contribution in [0.25, 0.3) is 11.0 Å². The molecular formula is C18H17ClN4O4. The molecule has 1 heterocycles. The number of H-pyrrole nitrogens is 1. The molecule has 0 bridgehead atoms. The summed E-state index contributed by atoms with van der Waals surface area (Å²) in [5.41, 5.74) is 2.89. The molecule has 8 nitrogen and oxygen atoms in total. The third-order valence-corrected chi connectivity index (χ3v) is 4.60. The minimum absolute atomic E-state index is 0.0612. The number of aliphatic hydroxyl groups excluding tert-OH is 1. The van der Waals surface area contributed by atoms with Gasteiger partial charge in [-0.15, -0.1) is 5.10 Å². The highest BCUT2D eigenvalue weighted by Crippen LogP contribution is 2.19. The molecule has 140 valence electrons. The van der Waals surface area contributed by atoms with E-state index in [0.29, 0.717) is 27.2 Å². The first kappa shape index (κ1) is 18.8. The molecule has 9 heteroatoms. The molecule has 0 aliphatic carbocycles. The number of fused-ring (bicyclic) bond motifs is 1. The summed E-state index contributed by atoms with van der Waals surface area (Å²) in [4.78, 5) is 23.9. The molecule has 2 aromatic carbocycles. The van der Waals surface area contributed by atoms with Crippen molar-refractivity contribution >= 4 is 34.5 Å². The van der Waals surface area contributed by atoms with Gasteiger partial charge in [-0.05, 0) is 42.7 Å². The van der Waals surface area contributed by atoms with Crippen LogP contribution in [0.5, 0.6) is 0 Å². The molecule has 3 aromatic rings. The van der Waals surface area contributed by atoms with E-state index in [1.54, 1.807) is 43.3 Å². The van der Waals surface area contributed by atoms with Crippen LogP contribution in [0.2, 0.25) is 5.02 Å². The second-order valence-corrected chi connectivity index (χ2v) is 6.57. The molecule has 0 spiro atoms. The predicted octanol–water partition coefficient (Wildman–Crippen LogP) is 1.71. The van der Waals surface area contributed by atoms with Crippen molar-refractivity contribution in [2.75, 3.05) is 0 Å². The summed E-state index contributed by atoms with van der Waals surface area (Å²) in [6.45, 7) is 1.79. The molecule has 1 aromatic heterocycles. The van der Waals surface area contributed by atoms with E-state index < -0.39 is 24.0 Å². The van der Waals surface area contributed by atoms with Gasteiger partial charge in [0.25, 0.3) is 5.91 Å². The van der Waals surface area contributed by atoms with Gasteiger partial charge in [0, 0.05) is 10.6 Å². The van der Waals surface area contributed by atoms with Gasteiger partial charge in [-0.25, -0.2) is 4.79 Å². The van der Waals surface area contributed by atoms with Crippen molar-refractivity contribution < 1.29 is 19.8 Å². The molecule has 2 unspecified atom stereocenters. The number of carboxylic acids is 1. The molecule has 1 amide bonds. The molecule has 2 atom stereocenters. The van der Waals surface area contributed by atoms with E-state index >= 15 is 0 Å². The number of carboxylic acid groups (broad SMARTS) is 1. The molecule has 4 N–H and O–H groups in total. The van der Waals surface area contributed by atoms with Gasteiger partial charge in [0.05, 0.1) is 11.6 Å². The van der Waals surface area contributed by atoms with Gasteiger partial charge in [-0.3, -0.25) is 9.89 Å². The normalized spacial score (nSPS) is 13.3. The first-order valence-corrected chi connectivity index (χ1v) is 8.51. The Hall–Kier alpha value is -2.97. The summed E-state index contributed by atoms with van der Waals surface area (Å²) in [6.07, 6.45) is -1.73. The van der Waals surface area contributed by atoms with Crippen molar-refractivity contribution in [2.45, 2.75) is 25.5 Å². The van der Waals surface area contributed by atoms with Crippen molar-refractivity contribution in [2.24, 2.45) is 0 Å². The Morgan fingerprint density at radius 1 is 1.30 bits per heavy atom. The SMILES string of the molecule is Cc1cc(C(=O)NC(Cc2ccccc2Cl)C(O)C(=O)O)cc2[nH]nnc12. The first-order chi connectivity index (χ1) is 12.9. The third-order valence-electron chi connectivity index (χ3n) is 4.23. The lowest BCUT2D eigenvalue weighted by atomic mass is 10.00. The summed E-state index contributed by atoms with van der Waals surface area (Å²) in [5, 5.41) is 32.6. The molecule has 0 radical (unpaired) electrons. The number of aliphatic hydroxyl groups is 1. The number of aromatic amines is 1. The Morgan fingerprint density at radius 3 is 2.74 bits per heavy atom. The number of hydrogen-bond donors (Lipinski definition) is 4. The largest absolute Gasteiger partial charge is 0.479 e. The van der Waals surface area contributed by atoms with Crippen molar-refractivity contribution in [1.82, 2.24) is 20.7 Å². The van der Waals surface area contributed by atoms with Gasteiger partial charge in [0.15, 0.2) is 6.10 Å². The summed E-state index contributed by atoms with van der Waals surface area (Å²) in [6, 6.07) is 8.98. The Bertz CT molecular complexity index is 1000. The van der Waals surface area contributed by atoms with Crippen molar-refractivity contribution in [3.63, 3.8) is 0 Å². The van der Waals surface area contributed by atoms with E-state index in [1.807, 2.05) is 0 Å². The van der Waals surface area contributed by atoms with E-state index in [9.17, 15) is 19.8 Å². The smallest absolute Gasteiger partial charge is 0.334 e. The number of halogens is 1. The maximum absolute atomic E-state index is 12.7. The monoisotopic (exact) mass is 388 g/mol. The molecule has 0 saturated heterocycles. The molecule has 3 rings (SSSR count). The lowest BCUT2D eigenvalue weighted by Gasteiger charge is -2.22. The zero-order valence-corrected chi connectivity index (χ0v) is 15.1. The lowest BCUT2D eigenvalue weighted by Crippen LogP contribution is -2.48. The van der Waals surface area contributed by atoms with Crippen LogP contribution in [0.3, 0.4) is 0 Å². The highest BCUT2D eigenvalue weighted by atomic mass is 35.5. The van der Waals surface area contributed by atoms with Gasteiger partial charge in [0.2, 0.25) is 0 Å². The molecular weight excluding hydrogens is 372 g/mol. The quantitative estimate of drug-likeness (QED) is 0.509. The highest BCUT2D eigenvalue weighted by molar-refractivity contribution is 6.31. The van der Waals surface area contributed by atoms with Crippen LogP contribution in [0.15, 0.2) is 36.4 Å². The molecule has 0 aliphatic heterocycles. The minimum atomic E-state index is -1.79. The number of nitrogens with one attached hydrogen (secondary N) is 2.